The second-order valence-electron chi connectivity index (χ2n) is 4.51. The van der Waals surface area contributed by atoms with Crippen LogP contribution in [-0.4, -0.2) is 40.3 Å². The van der Waals surface area contributed by atoms with Gasteiger partial charge in [0.1, 0.15) is 5.75 Å². The van der Waals surface area contributed by atoms with Gasteiger partial charge in [-0.3, -0.25) is 4.79 Å². The quantitative estimate of drug-likeness (QED) is 0.624. The van der Waals surface area contributed by atoms with Crippen molar-refractivity contribution in [1.82, 2.24) is 10.0 Å². The van der Waals surface area contributed by atoms with E-state index in [-0.39, 0.29) is 12.5 Å². The Hall–Kier alpha value is -1.64. The summed E-state index contributed by atoms with van der Waals surface area (Å²) in [7, 11) is -3.14. The number of nitrogens with one attached hydrogen (secondary N) is 3. The molecular formula is C12H17N3O4S. The van der Waals surface area contributed by atoms with Crippen molar-refractivity contribution in [2.75, 3.05) is 31.3 Å². The maximum atomic E-state index is 11.2. The van der Waals surface area contributed by atoms with Gasteiger partial charge in [-0.1, -0.05) is 6.07 Å². The third-order valence-corrected chi connectivity index (χ3v) is 3.40. The standard InChI is InChI=1S/C12H17N3O4S/c1-20(17,18)14-5-4-13-7-9-2-3-11-10(6-9)15-12(16)8-19-11/h2-3,6,13-14H,4-5,7-8H2,1H3,(H,15,16). The summed E-state index contributed by atoms with van der Waals surface area (Å²) in [6, 6.07) is 5.54. The van der Waals surface area contributed by atoms with E-state index < -0.39 is 10.0 Å². The molecule has 1 heterocycles. The van der Waals surface area contributed by atoms with Gasteiger partial charge in [0.05, 0.1) is 11.9 Å². The smallest absolute Gasteiger partial charge is 0.262 e. The molecule has 0 atom stereocenters. The molecule has 0 saturated carbocycles. The van der Waals surface area contributed by atoms with E-state index in [4.69, 9.17) is 4.74 Å². The van der Waals surface area contributed by atoms with Gasteiger partial charge in [0.2, 0.25) is 10.0 Å². The van der Waals surface area contributed by atoms with Crippen molar-refractivity contribution < 1.29 is 17.9 Å². The Morgan fingerprint density at radius 1 is 1.35 bits per heavy atom. The van der Waals surface area contributed by atoms with Crippen molar-refractivity contribution in [3.8, 4) is 5.75 Å². The van der Waals surface area contributed by atoms with Crippen molar-refractivity contribution in [3.63, 3.8) is 0 Å². The lowest BCUT2D eigenvalue weighted by Crippen LogP contribution is -2.31. The first-order valence-electron chi connectivity index (χ1n) is 6.15. The van der Waals surface area contributed by atoms with Crippen LogP contribution in [0, 0.1) is 0 Å². The second kappa shape index (κ2) is 6.21. The lowest BCUT2D eigenvalue weighted by Gasteiger charge is -2.18. The number of benzene rings is 1. The first-order valence-corrected chi connectivity index (χ1v) is 8.04. The van der Waals surface area contributed by atoms with E-state index in [9.17, 15) is 13.2 Å². The van der Waals surface area contributed by atoms with Gasteiger partial charge in [0.15, 0.2) is 6.61 Å². The van der Waals surface area contributed by atoms with E-state index in [2.05, 4.69) is 15.4 Å². The zero-order valence-corrected chi connectivity index (χ0v) is 11.9. The molecule has 0 saturated heterocycles. The summed E-state index contributed by atoms with van der Waals surface area (Å²) in [6.45, 7) is 1.48. The highest BCUT2D eigenvalue weighted by molar-refractivity contribution is 7.88. The summed E-state index contributed by atoms with van der Waals surface area (Å²) in [6.07, 6.45) is 1.12. The third-order valence-electron chi connectivity index (χ3n) is 2.67. The Labute approximate surface area is 117 Å². The number of sulfonamides is 1. The molecule has 0 aromatic heterocycles. The van der Waals surface area contributed by atoms with Gasteiger partial charge in [-0.15, -0.1) is 0 Å². The first kappa shape index (κ1) is 14.8. The molecule has 0 aliphatic carbocycles. The van der Waals surface area contributed by atoms with Crippen LogP contribution in [0.25, 0.3) is 0 Å². The number of hydrogen-bond acceptors (Lipinski definition) is 5. The second-order valence-corrected chi connectivity index (χ2v) is 6.34. The minimum absolute atomic E-state index is 0.0434. The van der Waals surface area contributed by atoms with Crippen LogP contribution in [0.4, 0.5) is 5.69 Å². The van der Waals surface area contributed by atoms with E-state index in [1.54, 1.807) is 6.07 Å². The van der Waals surface area contributed by atoms with E-state index in [1.807, 2.05) is 12.1 Å². The van der Waals surface area contributed by atoms with Crippen LogP contribution < -0.4 is 20.1 Å². The third kappa shape index (κ3) is 4.48. The topological polar surface area (TPSA) is 96.5 Å². The van der Waals surface area contributed by atoms with Crippen molar-refractivity contribution >= 4 is 21.6 Å². The monoisotopic (exact) mass is 299 g/mol. The molecule has 1 aliphatic heterocycles. The number of hydrogen-bond donors (Lipinski definition) is 3. The lowest BCUT2D eigenvalue weighted by molar-refractivity contribution is -0.118. The van der Waals surface area contributed by atoms with Crippen molar-refractivity contribution in [3.05, 3.63) is 23.8 Å². The molecule has 3 N–H and O–H groups in total. The largest absolute Gasteiger partial charge is 0.482 e. The molecule has 0 spiro atoms. The number of carbonyl (C=O) groups excluding carboxylic acids is 1. The zero-order valence-electron chi connectivity index (χ0n) is 11.1. The van der Waals surface area contributed by atoms with Crippen LogP contribution in [0.5, 0.6) is 5.75 Å². The number of ether oxygens (including phenoxy) is 1. The molecule has 110 valence electrons. The number of fused-ring (bicyclic) bond motifs is 1. The Kier molecular flexibility index (Phi) is 4.58. The van der Waals surface area contributed by atoms with E-state index in [0.717, 1.165) is 11.8 Å². The highest BCUT2D eigenvalue weighted by Crippen LogP contribution is 2.28. The molecule has 1 amide bonds. The van der Waals surface area contributed by atoms with Gasteiger partial charge in [-0.05, 0) is 17.7 Å². The fourth-order valence-corrected chi connectivity index (χ4v) is 2.27. The van der Waals surface area contributed by atoms with E-state index in [1.165, 1.54) is 0 Å². The number of anilines is 1. The Bertz CT molecular complexity index is 601. The minimum Gasteiger partial charge on any atom is -0.482 e. The zero-order chi connectivity index (χ0) is 14.6. The predicted molar refractivity (Wildman–Crippen MR) is 75.1 cm³/mol. The van der Waals surface area contributed by atoms with Gasteiger partial charge in [-0.25, -0.2) is 13.1 Å². The maximum Gasteiger partial charge on any atom is 0.262 e. The fourth-order valence-electron chi connectivity index (χ4n) is 1.80. The van der Waals surface area contributed by atoms with Crippen molar-refractivity contribution in [2.24, 2.45) is 0 Å². The summed E-state index contributed by atoms with van der Waals surface area (Å²) >= 11 is 0. The van der Waals surface area contributed by atoms with Gasteiger partial charge in [0, 0.05) is 19.6 Å². The SMILES string of the molecule is CS(=O)(=O)NCCNCc1ccc2c(c1)NC(=O)CO2. The number of carbonyl (C=O) groups is 1. The minimum atomic E-state index is -3.14. The Balaban J connectivity index is 1.82. The van der Waals surface area contributed by atoms with E-state index in [0.29, 0.717) is 31.1 Å². The molecule has 1 aromatic carbocycles. The molecule has 2 rings (SSSR count). The van der Waals surface area contributed by atoms with Crippen LogP contribution in [0.1, 0.15) is 5.56 Å². The molecule has 0 bridgehead atoms. The molecule has 0 radical (unpaired) electrons. The molecule has 8 heteroatoms. The van der Waals surface area contributed by atoms with Crippen molar-refractivity contribution in [2.45, 2.75) is 6.54 Å². The molecule has 20 heavy (non-hydrogen) atoms. The van der Waals surface area contributed by atoms with Crippen LogP contribution in [-0.2, 0) is 21.4 Å². The molecule has 7 nitrogen and oxygen atoms in total. The predicted octanol–water partition coefficient (Wildman–Crippen LogP) is -0.344. The van der Waals surface area contributed by atoms with Crippen LogP contribution >= 0.6 is 0 Å². The summed E-state index contributed by atoms with van der Waals surface area (Å²) in [4.78, 5) is 11.2. The lowest BCUT2D eigenvalue weighted by atomic mass is 10.1. The normalized spacial score (nSPS) is 14.3. The molecule has 1 aromatic rings. The summed E-state index contributed by atoms with van der Waals surface area (Å²) < 4.78 is 29.4. The van der Waals surface area contributed by atoms with Crippen LogP contribution in [0.15, 0.2) is 18.2 Å². The highest BCUT2D eigenvalue weighted by Gasteiger charge is 2.15. The number of rotatable bonds is 6. The average Bonchev–Trinajstić information content (AvgIpc) is 2.36. The molecule has 0 unspecified atom stereocenters. The summed E-state index contributed by atoms with van der Waals surface area (Å²) in [5.41, 5.74) is 1.64. The van der Waals surface area contributed by atoms with Gasteiger partial charge < -0.3 is 15.4 Å². The molecular weight excluding hydrogens is 282 g/mol. The summed E-state index contributed by atoms with van der Waals surface area (Å²) in [5, 5.41) is 5.85. The number of amides is 1. The van der Waals surface area contributed by atoms with E-state index >= 15 is 0 Å². The van der Waals surface area contributed by atoms with Gasteiger partial charge >= 0.3 is 0 Å². The van der Waals surface area contributed by atoms with Gasteiger partial charge in [-0.2, -0.15) is 0 Å². The van der Waals surface area contributed by atoms with Crippen LogP contribution in [0.3, 0.4) is 0 Å². The first-order chi connectivity index (χ1) is 9.44. The Morgan fingerprint density at radius 3 is 2.90 bits per heavy atom. The summed E-state index contributed by atoms with van der Waals surface area (Å²) in [5.74, 6) is 0.493. The molecule has 1 aliphatic rings. The average molecular weight is 299 g/mol. The van der Waals surface area contributed by atoms with Gasteiger partial charge in [0.25, 0.3) is 5.91 Å². The fraction of sp³-hybridized carbons (Fsp3) is 0.417. The van der Waals surface area contributed by atoms with Crippen molar-refractivity contribution in [1.29, 1.82) is 0 Å². The highest BCUT2D eigenvalue weighted by atomic mass is 32.2. The molecule has 0 fully saturated rings. The van der Waals surface area contributed by atoms with Crippen LogP contribution in [0.2, 0.25) is 0 Å². The maximum absolute atomic E-state index is 11.2. The Morgan fingerprint density at radius 2 is 2.15 bits per heavy atom.